The van der Waals surface area contributed by atoms with Crippen LogP contribution < -0.4 is 5.73 Å². The Balaban J connectivity index is 2.33. The molecule has 0 bridgehead atoms. The lowest BCUT2D eigenvalue weighted by Gasteiger charge is -2.29. The first-order chi connectivity index (χ1) is 6.14. The highest BCUT2D eigenvalue weighted by atomic mass is 16.3. The van der Waals surface area contributed by atoms with E-state index in [-0.39, 0.29) is 0 Å². The Bertz CT molecular complexity index is 140. The third-order valence-electron chi connectivity index (χ3n) is 2.70. The predicted molar refractivity (Wildman–Crippen MR) is 54.6 cm³/mol. The van der Waals surface area contributed by atoms with Crippen molar-refractivity contribution in [1.29, 1.82) is 0 Å². The maximum absolute atomic E-state index is 9.80. The molecule has 0 saturated carbocycles. The van der Waals surface area contributed by atoms with E-state index >= 15 is 0 Å². The van der Waals surface area contributed by atoms with E-state index in [0.717, 1.165) is 19.6 Å². The molecule has 0 spiro atoms. The fourth-order valence-corrected chi connectivity index (χ4v) is 1.84. The number of nitrogens with two attached hydrogens (primary N) is 1. The third-order valence-corrected chi connectivity index (χ3v) is 2.70. The third kappa shape index (κ3) is 4.07. The first-order valence-corrected chi connectivity index (χ1v) is 5.29. The summed E-state index contributed by atoms with van der Waals surface area (Å²) in [7, 11) is 0. The van der Waals surface area contributed by atoms with Crippen LogP contribution in [0, 0.1) is 0 Å². The SMILES string of the molecule is CC(O)(CN)CN1CCCCCC1. The van der Waals surface area contributed by atoms with Crippen LogP contribution in [-0.4, -0.2) is 41.8 Å². The fourth-order valence-electron chi connectivity index (χ4n) is 1.84. The topological polar surface area (TPSA) is 49.5 Å². The lowest BCUT2D eigenvalue weighted by Crippen LogP contribution is -2.46. The van der Waals surface area contributed by atoms with Crippen LogP contribution in [0.4, 0.5) is 0 Å². The van der Waals surface area contributed by atoms with Crippen molar-refractivity contribution in [3.63, 3.8) is 0 Å². The molecule has 3 N–H and O–H groups in total. The molecule has 3 heteroatoms. The Hall–Kier alpha value is -0.120. The molecule has 1 atom stereocenters. The van der Waals surface area contributed by atoms with Crippen LogP contribution >= 0.6 is 0 Å². The second-order valence-electron chi connectivity index (χ2n) is 4.39. The summed E-state index contributed by atoms with van der Waals surface area (Å²) < 4.78 is 0. The van der Waals surface area contributed by atoms with Crippen molar-refractivity contribution in [2.24, 2.45) is 5.73 Å². The van der Waals surface area contributed by atoms with Crippen molar-refractivity contribution in [3.05, 3.63) is 0 Å². The second kappa shape index (κ2) is 4.94. The van der Waals surface area contributed by atoms with E-state index in [2.05, 4.69) is 4.90 Å². The summed E-state index contributed by atoms with van der Waals surface area (Å²) in [5, 5.41) is 9.80. The van der Waals surface area contributed by atoms with Gasteiger partial charge < -0.3 is 15.7 Å². The molecule has 1 saturated heterocycles. The largest absolute Gasteiger partial charge is 0.388 e. The zero-order valence-corrected chi connectivity index (χ0v) is 8.63. The van der Waals surface area contributed by atoms with Gasteiger partial charge >= 0.3 is 0 Å². The minimum Gasteiger partial charge on any atom is -0.388 e. The minimum absolute atomic E-state index is 0.351. The van der Waals surface area contributed by atoms with Gasteiger partial charge in [-0.25, -0.2) is 0 Å². The van der Waals surface area contributed by atoms with Crippen molar-refractivity contribution < 1.29 is 5.11 Å². The molecule has 1 fully saturated rings. The summed E-state index contributed by atoms with van der Waals surface area (Å²) in [6, 6.07) is 0. The van der Waals surface area contributed by atoms with E-state index in [9.17, 15) is 5.11 Å². The molecule has 1 unspecified atom stereocenters. The Morgan fingerprint density at radius 1 is 1.23 bits per heavy atom. The van der Waals surface area contributed by atoms with E-state index in [1.54, 1.807) is 0 Å². The minimum atomic E-state index is -0.704. The number of likely N-dealkylation sites (tertiary alicyclic amines) is 1. The summed E-state index contributed by atoms with van der Waals surface area (Å²) in [6.45, 7) is 5.14. The zero-order valence-electron chi connectivity index (χ0n) is 8.63. The quantitative estimate of drug-likeness (QED) is 0.677. The van der Waals surface area contributed by atoms with Gasteiger partial charge in [0.15, 0.2) is 0 Å². The predicted octanol–water partition coefficient (Wildman–Crippen LogP) is 0.572. The zero-order chi connectivity index (χ0) is 9.73. The summed E-state index contributed by atoms with van der Waals surface area (Å²) in [6.07, 6.45) is 5.20. The van der Waals surface area contributed by atoms with Crippen molar-refractivity contribution in [2.45, 2.75) is 38.2 Å². The molecule has 13 heavy (non-hydrogen) atoms. The average molecular weight is 186 g/mol. The van der Waals surface area contributed by atoms with Gasteiger partial charge in [-0.15, -0.1) is 0 Å². The molecule has 0 amide bonds. The van der Waals surface area contributed by atoms with Crippen LogP contribution in [0.5, 0.6) is 0 Å². The standard InChI is InChI=1S/C10H22N2O/c1-10(13,8-11)9-12-6-4-2-3-5-7-12/h13H,2-9,11H2,1H3. The molecule has 1 heterocycles. The van der Waals surface area contributed by atoms with Crippen LogP contribution in [-0.2, 0) is 0 Å². The van der Waals surface area contributed by atoms with E-state index in [4.69, 9.17) is 5.73 Å². The van der Waals surface area contributed by atoms with Gasteiger partial charge in [0, 0.05) is 13.1 Å². The molecular weight excluding hydrogens is 164 g/mol. The van der Waals surface area contributed by atoms with Crippen molar-refractivity contribution in [2.75, 3.05) is 26.2 Å². The first-order valence-electron chi connectivity index (χ1n) is 5.29. The molecule has 0 aromatic carbocycles. The van der Waals surface area contributed by atoms with Gasteiger partial charge in [-0.2, -0.15) is 0 Å². The molecule has 1 rings (SSSR count). The maximum atomic E-state index is 9.80. The lowest BCUT2D eigenvalue weighted by atomic mass is 10.1. The first kappa shape index (κ1) is 11.0. The molecule has 0 aromatic rings. The van der Waals surface area contributed by atoms with Gasteiger partial charge in [0.2, 0.25) is 0 Å². The number of hydrogen-bond donors (Lipinski definition) is 2. The highest BCUT2D eigenvalue weighted by Crippen LogP contribution is 2.12. The normalized spacial score (nSPS) is 25.2. The Kier molecular flexibility index (Phi) is 4.16. The van der Waals surface area contributed by atoms with Crippen molar-refractivity contribution >= 4 is 0 Å². The highest BCUT2D eigenvalue weighted by Gasteiger charge is 2.22. The molecular formula is C10H22N2O. The van der Waals surface area contributed by atoms with Crippen molar-refractivity contribution in [1.82, 2.24) is 4.90 Å². The van der Waals surface area contributed by atoms with E-state index in [0.29, 0.717) is 6.54 Å². The van der Waals surface area contributed by atoms with Gasteiger partial charge in [-0.3, -0.25) is 0 Å². The monoisotopic (exact) mass is 186 g/mol. The van der Waals surface area contributed by atoms with E-state index in [1.165, 1.54) is 25.7 Å². The van der Waals surface area contributed by atoms with Gasteiger partial charge in [0.25, 0.3) is 0 Å². The highest BCUT2D eigenvalue weighted by molar-refractivity contribution is 4.79. The van der Waals surface area contributed by atoms with Gasteiger partial charge in [-0.1, -0.05) is 12.8 Å². The molecule has 0 radical (unpaired) electrons. The smallest absolute Gasteiger partial charge is 0.0867 e. The van der Waals surface area contributed by atoms with Crippen molar-refractivity contribution in [3.8, 4) is 0 Å². The summed E-state index contributed by atoms with van der Waals surface area (Å²) >= 11 is 0. The molecule has 78 valence electrons. The molecule has 0 aromatic heterocycles. The molecule has 1 aliphatic rings. The van der Waals surface area contributed by atoms with Crippen LogP contribution in [0.15, 0.2) is 0 Å². The van der Waals surface area contributed by atoms with E-state index < -0.39 is 5.60 Å². The maximum Gasteiger partial charge on any atom is 0.0867 e. The van der Waals surface area contributed by atoms with Gasteiger partial charge in [0.05, 0.1) is 5.60 Å². The lowest BCUT2D eigenvalue weighted by molar-refractivity contribution is 0.0284. The van der Waals surface area contributed by atoms with Gasteiger partial charge in [-0.05, 0) is 32.9 Å². The summed E-state index contributed by atoms with van der Waals surface area (Å²) in [4.78, 5) is 2.33. The number of aliphatic hydroxyl groups is 1. The Morgan fingerprint density at radius 2 is 1.77 bits per heavy atom. The molecule has 3 nitrogen and oxygen atoms in total. The van der Waals surface area contributed by atoms with Crippen LogP contribution in [0.3, 0.4) is 0 Å². The van der Waals surface area contributed by atoms with Gasteiger partial charge in [0.1, 0.15) is 0 Å². The van der Waals surface area contributed by atoms with Crippen LogP contribution in [0.2, 0.25) is 0 Å². The van der Waals surface area contributed by atoms with E-state index in [1.807, 2.05) is 6.92 Å². The number of nitrogens with zero attached hydrogens (tertiary/aromatic N) is 1. The molecule has 1 aliphatic heterocycles. The fraction of sp³-hybridized carbons (Fsp3) is 1.00. The summed E-state index contributed by atoms with van der Waals surface area (Å²) in [5.74, 6) is 0. The summed E-state index contributed by atoms with van der Waals surface area (Å²) in [5.41, 5.74) is 4.78. The van der Waals surface area contributed by atoms with Crippen LogP contribution in [0.25, 0.3) is 0 Å². The average Bonchev–Trinajstić information content (AvgIpc) is 2.32. The number of rotatable bonds is 3. The van der Waals surface area contributed by atoms with Crippen LogP contribution in [0.1, 0.15) is 32.6 Å². The number of hydrogen-bond acceptors (Lipinski definition) is 3. The Morgan fingerprint density at radius 3 is 2.23 bits per heavy atom. The second-order valence-corrected chi connectivity index (χ2v) is 4.39. The Labute approximate surface area is 80.9 Å². The number of β-amino-alcohol motifs (C(OH)–C–C–N with tert-alkyl or cyclic N) is 1. The molecule has 0 aliphatic carbocycles.